The summed E-state index contributed by atoms with van der Waals surface area (Å²) in [6.07, 6.45) is -1.96. The molecule has 0 aliphatic carbocycles. The van der Waals surface area contributed by atoms with E-state index in [4.69, 9.17) is 11.6 Å². The van der Waals surface area contributed by atoms with E-state index in [2.05, 4.69) is 10.3 Å². The van der Waals surface area contributed by atoms with Gasteiger partial charge in [0.15, 0.2) is 0 Å². The fourth-order valence-electron chi connectivity index (χ4n) is 1.71. The summed E-state index contributed by atoms with van der Waals surface area (Å²) in [5.74, 6) is 0. The molecule has 2 nitrogen and oxygen atoms in total. The van der Waals surface area contributed by atoms with Crippen LogP contribution in [0.25, 0.3) is 0 Å². The van der Waals surface area contributed by atoms with Crippen molar-refractivity contribution in [1.29, 1.82) is 0 Å². The second-order valence-corrected chi connectivity index (χ2v) is 5.69. The van der Waals surface area contributed by atoms with E-state index in [1.54, 1.807) is 6.20 Å². The number of hydrogen-bond acceptors (Lipinski definition) is 3. The molecule has 0 atom stereocenters. The maximum absolute atomic E-state index is 12.9. The minimum absolute atomic E-state index is 0.0556. The Morgan fingerprint density at radius 2 is 2.10 bits per heavy atom. The van der Waals surface area contributed by atoms with Gasteiger partial charge in [-0.15, -0.1) is 11.3 Å². The highest BCUT2D eigenvalue weighted by Gasteiger charge is 2.34. The first-order valence-corrected chi connectivity index (χ1v) is 7.14. The average molecular weight is 321 g/mol. The monoisotopic (exact) mass is 320 g/mol. The molecule has 108 valence electrons. The normalized spacial score (nSPS) is 11.7. The third kappa shape index (κ3) is 3.43. The molecule has 0 bridgehead atoms. The van der Waals surface area contributed by atoms with Gasteiger partial charge in [-0.25, -0.2) is 4.98 Å². The third-order valence-corrected chi connectivity index (χ3v) is 4.12. The Kier molecular flexibility index (Phi) is 4.55. The summed E-state index contributed by atoms with van der Waals surface area (Å²) in [5, 5.41) is 3.77. The summed E-state index contributed by atoms with van der Waals surface area (Å²) >= 11 is 7.33. The van der Waals surface area contributed by atoms with Crippen molar-refractivity contribution < 1.29 is 13.2 Å². The van der Waals surface area contributed by atoms with Crippen molar-refractivity contribution in [3.8, 4) is 0 Å². The van der Waals surface area contributed by atoms with Crippen molar-refractivity contribution in [2.75, 3.05) is 5.32 Å². The van der Waals surface area contributed by atoms with E-state index in [0.29, 0.717) is 0 Å². The highest BCUT2D eigenvalue weighted by Crippen LogP contribution is 2.38. The molecule has 0 spiro atoms. The highest BCUT2D eigenvalue weighted by molar-refractivity contribution is 7.11. The Bertz CT molecular complexity index is 596. The van der Waals surface area contributed by atoms with Gasteiger partial charge in [-0.05, 0) is 18.6 Å². The number of para-hydroxylation sites is 1. The van der Waals surface area contributed by atoms with Crippen LogP contribution in [-0.2, 0) is 19.1 Å². The zero-order chi connectivity index (χ0) is 14.8. The van der Waals surface area contributed by atoms with Crippen molar-refractivity contribution >= 4 is 28.6 Å². The lowest BCUT2D eigenvalue weighted by atomic mass is 10.1. The van der Waals surface area contributed by atoms with Gasteiger partial charge in [0, 0.05) is 11.1 Å². The largest absolute Gasteiger partial charge is 0.418 e. The van der Waals surface area contributed by atoms with Gasteiger partial charge in [0.1, 0.15) is 0 Å². The Hall–Kier alpha value is -1.27. The van der Waals surface area contributed by atoms with Crippen LogP contribution in [0, 0.1) is 0 Å². The summed E-state index contributed by atoms with van der Waals surface area (Å²) in [5.41, 5.74) is -0.849. The molecule has 0 amide bonds. The van der Waals surface area contributed by atoms with Crippen LogP contribution in [0.3, 0.4) is 0 Å². The van der Waals surface area contributed by atoms with Gasteiger partial charge in [-0.2, -0.15) is 13.2 Å². The van der Waals surface area contributed by atoms with Crippen LogP contribution in [0.1, 0.15) is 22.4 Å². The molecule has 2 rings (SSSR count). The number of nitrogens with zero attached hydrogens (tertiary/aromatic N) is 1. The molecule has 0 radical (unpaired) electrons. The van der Waals surface area contributed by atoms with Crippen molar-refractivity contribution in [1.82, 2.24) is 4.98 Å². The minimum Gasteiger partial charge on any atom is -0.378 e. The summed E-state index contributed by atoms with van der Waals surface area (Å²) in [6, 6.07) is 3.74. The van der Waals surface area contributed by atoms with E-state index in [-0.39, 0.29) is 17.3 Å². The number of anilines is 1. The van der Waals surface area contributed by atoms with Gasteiger partial charge in [0.05, 0.1) is 27.8 Å². The molecule has 0 saturated heterocycles. The minimum atomic E-state index is -4.44. The molecule has 1 aromatic heterocycles. The molecule has 7 heteroatoms. The topological polar surface area (TPSA) is 24.9 Å². The summed E-state index contributed by atoms with van der Waals surface area (Å²) in [7, 11) is 0. The molecular weight excluding hydrogens is 309 g/mol. The van der Waals surface area contributed by atoms with Crippen molar-refractivity contribution in [2.24, 2.45) is 0 Å². The standard InChI is InChI=1S/C13H12ClF3N2S/c1-2-11-18-6-8(20-11)7-19-12-9(13(15,16)17)4-3-5-10(12)14/h3-6,19H,2,7H2,1H3. The highest BCUT2D eigenvalue weighted by atomic mass is 35.5. The summed E-state index contributed by atoms with van der Waals surface area (Å²) < 4.78 is 38.7. The smallest absolute Gasteiger partial charge is 0.378 e. The molecule has 2 aromatic rings. The van der Waals surface area contributed by atoms with Crippen LogP contribution in [0.2, 0.25) is 5.02 Å². The zero-order valence-corrected chi connectivity index (χ0v) is 12.2. The van der Waals surface area contributed by atoms with Crippen LogP contribution in [0.5, 0.6) is 0 Å². The van der Waals surface area contributed by atoms with Gasteiger partial charge in [0.2, 0.25) is 0 Å². The molecular formula is C13H12ClF3N2S. The van der Waals surface area contributed by atoms with Gasteiger partial charge in [-0.3, -0.25) is 0 Å². The first-order chi connectivity index (χ1) is 9.41. The van der Waals surface area contributed by atoms with Crippen LogP contribution in [0.15, 0.2) is 24.4 Å². The number of aromatic nitrogens is 1. The zero-order valence-electron chi connectivity index (χ0n) is 10.6. The Balaban J connectivity index is 2.20. The van der Waals surface area contributed by atoms with Gasteiger partial charge < -0.3 is 5.32 Å². The number of nitrogens with one attached hydrogen (secondary N) is 1. The molecule has 1 aromatic carbocycles. The molecule has 20 heavy (non-hydrogen) atoms. The van der Waals surface area contributed by atoms with Gasteiger partial charge in [-0.1, -0.05) is 24.6 Å². The number of halogens is 4. The van der Waals surface area contributed by atoms with E-state index >= 15 is 0 Å². The summed E-state index contributed by atoms with van der Waals surface area (Å²) in [6.45, 7) is 2.25. The second-order valence-electron chi connectivity index (χ2n) is 4.09. The second kappa shape index (κ2) is 6.01. The number of hydrogen-bond donors (Lipinski definition) is 1. The lowest BCUT2D eigenvalue weighted by molar-refractivity contribution is -0.136. The molecule has 1 N–H and O–H groups in total. The number of rotatable bonds is 4. The van der Waals surface area contributed by atoms with Crippen molar-refractivity contribution in [2.45, 2.75) is 26.1 Å². The maximum Gasteiger partial charge on any atom is 0.418 e. The lowest BCUT2D eigenvalue weighted by Crippen LogP contribution is -2.10. The number of aryl methyl sites for hydroxylation is 1. The van der Waals surface area contributed by atoms with E-state index in [1.807, 2.05) is 6.92 Å². The van der Waals surface area contributed by atoms with Gasteiger partial charge >= 0.3 is 6.18 Å². The van der Waals surface area contributed by atoms with Crippen molar-refractivity contribution in [3.05, 3.63) is 44.9 Å². The Morgan fingerprint density at radius 1 is 1.35 bits per heavy atom. The van der Waals surface area contributed by atoms with E-state index in [1.165, 1.54) is 23.5 Å². The van der Waals surface area contributed by atoms with E-state index < -0.39 is 11.7 Å². The Morgan fingerprint density at radius 3 is 2.70 bits per heavy atom. The third-order valence-electron chi connectivity index (χ3n) is 2.66. The SMILES string of the molecule is CCc1ncc(CNc2c(Cl)cccc2C(F)(F)F)s1. The fourth-order valence-corrected chi connectivity index (χ4v) is 2.75. The van der Waals surface area contributed by atoms with Crippen LogP contribution < -0.4 is 5.32 Å². The quantitative estimate of drug-likeness (QED) is 0.858. The Labute approximate surface area is 123 Å². The van der Waals surface area contributed by atoms with Crippen LogP contribution >= 0.6 is 22.9 Å². The number of thiazole rings is 1. The number of alkyl halides is 3. The van der Waals surface area contributed by atoms with Crippen LogP contribution in [-0.4, -0.2) is 4.98 Å². The summed E-state index contributed by atoms with van der Waals surface area (Å²) in [4.78, 5) is 5.03. The predicted octanol–water partition coefficient (Wildman–Crippen LogP) is 4.99. The first kappa shape index (κ1) is 15.1. The molecule has 0 aliphatic heterocycles. The molecule has 0 aliphatic rings. The number of benzene rings is 1. The van der Waals surface area contributed by atoms with Gasteiger partial charge in [0.25, 0.3) is 0 Å². The van der Waals surface area contributed by atoms with Crippen molar-refractivity contribution in [3.63, 3.8) is 0 Å². The molecule has 0 saturated carbocycles. The van der Waals surface area contributed by atoms with E-state index in [0.717, 1.165) is 22.4 Å². The molecule has 1 heterocycles. The predicted molar refractivity (Wildman–Crippen MR) is 75.3 cm³/mol. The molecule has 0 unspecified atom stereocenters. The molecule has 0 fully saturated rings. The first-order valence-electron chi connectivity index (χ1n) is 5.95. The maximum atomic E-state index is 12.9. The lowest BCUT2D eigenvalue weighted by Gasteiger charge is -2.15. The fraction of sp³-hybridized carbons (Fsp3) is 0.308. The van der Waals surface area contributed by atoms with Crippen LogP contribution in [0.4, 0.5) is 18.9 Å². The average Bonchev–Trinajstić information content (AvgIpc) is 2.84. The van der Waals surface area contributed by atoms with E-state index in [9.17, 15) is 13.2 Å².